The zero-order chi connectivity index (χ0) is 15.4. The van der Waals surface area contributed by atoms with Gasteiger partial charge in [-0.1, -0.05) is 64.7 Å². The lowest BCUT2D eigenvalue weighted by Crippen LogP contribution is -2.49. The fraction of sp³-hybridized carbons (Fsp3) is 0.429. The molecule has 0 N–H and O–H groups in total. The smallest absolute Gasteiger partial charge is 0.207 e. The monoisotopic (exact) mass is 365 g/mol. The first kappa shape index (κ1) is 15.6. The lowest BCUT2D eigenvalue weighted by atomic mass is 10.0. The number of hydrogen-bond acceptors (Lipinski definition) is 2. The van der Waals surface area contributed by atoms with Crippen molar-refractivity contribution in [1.29, 1.82) is 0 Å². The third kappa shape index (κ3) is 2.62. The van der Waals surface area contributed by atoms with Crippen molar-refractivity contribution in [3.63, 3.8) is 0 Å². The summed E-state index contributed by atoms with van der Waals surface area (Å²) < 4.78 is 25.5. The highest BCUT2D eigenvalue weighted by molar-refractivity contribution is 7.89. The number of sulfonamides is 1. The fourth-order valence-electron chi connectivity index (χ4n) is 3.07. The molecule has 3 atom stereocenters. The highest BCUT2D eigenvalue weighted by Gasteiger charge is 2.56. The molecule has 21 heavy (non-hydrogen) atoms. The summed E-state index contributed by atoms with van der Waals surface area (Å²) in [7, 11) is -3.69. The molecule has 0 aromatic heterocycles. The molecule has 1 aromatic carbocycles. The second-order valence-corrected chi connectivity index (χ2v) is 9.70. The van der Waals surface area contributed by atoms with E-state index in [0.717, 1.165) is 5.56 Å². The van der Waals surface area contributed by atoms with Crippen LogP contribution in [0.25, 0.3) is 0 Å². The molecule has 0 radical (unpaired) electrons. The molecule has 0 saturated carbocycles. The van der Waals surface area contributed by atoms with Gasteiger partial charge in [-0.25, -0.2) is 8.42 Å². The summed E-state index contributed by atoms with van der Waals surface area (Å²) in [6.45, 7) is 1.90. The summed E-state index contributed by atoms with van der Waals surface area (Å²) in [5.74, 6) is -0.0530. The molecule has 3 rings (SSSR count). The molecular formula is C14H14Cl3NO2S. The maximum atomic E-state index is 12.9. The van der Waals surface area contributed by atoms with Gasteiger partial charge in [-0.15, -0.1) is 0 Å². The van der Waals surface area contributed by atoms with Crippen LogP contribution in [0, 0.1) is 12.8 Å². The van der Waals surface area contributed by atoms with Gasteiger partial charge in [0.1, 0.15) is 0 Å². The van der Waals surface area contributed by atoms with E-state index >= 15 is 0 Å². The Morgan fingerprint density at radius 3 is 2.33 bits per heavy atom. The SMILES string of the molecule is Cc1ccc(S(=O)(=O)N2C3C=CC(C3)[C@@H]2C(Cl)(Cl)Cl)cc1. The van der Waals surface area contributed by atoms with Crippen molar-refractivity contribution < 1.29 is 8.42 Å². The van der Waals surface area contributed by atoms with Crippen molar-refractivity contribution in [3.8, 4) is 0 Å². The summed E-state index contributed by atoms with van der Waals surface area (Å²) in [6.07, 6.45) is 4.49. The average Bonchev–Trinajstić information content (AvgIpc) is 2.98. The van der Waals surface area contributed by atoms with E-state index in [-0.39, 0.29) is 16.9 Å². The highest BCUT2D eigenvalue weighted by Crippen LogP contribution is 2.50. The third-order valence-electron chi connectivity index (χ3n) is 4.03. The molecule has 1 aliphatic heterocycles. The topological polar surface area (TPSA) is 37.4 Å². The summed E-state index contributed by atoms with van der Waals surface area (Å²) in [5, 5.41) is 0. The lowest BCUT2D eigenvalue weighted by Gasteiger charge is -2.35. The Hall–Kier alpha value is -0.260. The number of nitrogens with zero attached hydrogens (tertiary/aromatic N) is 1. The number of alkyl halides is 3. The second kappa shape index (κ2) is 5.14. The molecule has 2 bridgehead atoms. The van der Waals surface area contributed by atoms with E-state index in [4.69, 9.17) is 34.8 Å². The molecule has 114 valence electrons. The van der Waals surface area contributed by atoms with Gasteiger partial charge in [-0.05, 0) is 31.4 Å². The molecule has 0 spiro atoms. The van der Waals surface area contributed by atoms with E-state index in [2.05, 4.69) is 0 Å². The van der Waals surface area contributed by atoms with Crippen molar-refractivity contribution in [2.45, 2.75) is 34.1 Å². The van der Waals surface area contributed by atoms with Crippen molar-refractivity contribution in [2.75, 3.05) is 0 Å². The Labute approximate surface area is 139 Å². The van der Waals surface area contributed by atoms with Crippen LogP contribution in [0.2, 0.25) is 0 Å². The Kier molecular flexibility index (Phi) is 3.82. The van der Waals surface area contributed by atoms with Crippen LogP contribution < -0.4 is 0 Å². The maximum absolute atomic E-state index is 12.9. The first-order valence-corrected chi connectivity index (χ1v) is 9.14. The van der Waals surface area contributed by atoms with Crippen LogP contribution in [0.3, 0.4) is 0 Å². The van der Waals surface area contributed by atoms with E-state index in [1.807, 2.05) is 19.1 Å². The van der Waals surface area contributed by atoms with Crippen molar-refractivity contribution in [1.82, 2.24) is 4.31 Å². The van der Waals surface area contributed by atoms with Gasteiger partial charge in [0.05, 0.1) is 10.9 Å². The maximum Gasteiger partial charge on any atom is 0.244 e. The predicted octanol–water partition coefficient (Wildman–Crippen LogP) is 3.68. The zero-order valence-electron chi connectivity index (χ0n) is 11.2. The van der Waals surface area contributed by atoms with Gasteiger partial charge in [0.2, 0.25) is 13.8 Å². The molecule has 1 fully saturated rings. The Balaban J connectivity index is 2.05. The van der Waals surface area contributed by atoms with Gasteiger partial charge in [0.15, 0.2) is 0 Å². The molecule has 0 amide bonds. The van der Waals surface area contributed by atoms with Gasteiger partial charge in [0.25, 0.3) is 0 Å². The van der Waals surface area contributed by atoms with Crippen LogP contribution in [-0.4, -0.2) is 28.6 Å². The molecule has 1 aromatic rings. The highest BCUT2D eigenvalue weighted by atomic mass is 35.6. The van der Waals surface area contributed by atoms with Gasteiger partial charge in [-0.2, -0.15) is 4.31 Å². The normalized spacial score (nSPS) is 29.2. The average molecular weight is 367 g/mol. The number of fused-ring (bicyclic) bond motifs is 2. The number of hydrogen-bond donors (Lipinski definition) is 0. The number of benzene rings is 1. The van der Waals surface area contributed by atoms with Crippen LogP contribution in [0.15, 0.2) is 41.3 Å². The van der Waals surface area contributed by atoms with Gasteiger partial charge < -0.3 is 0 Å². The quantitative estimate of drug-likeness (QED) is 0.591. The van der Waals surface area contributed by atoms with Crippen LogP contribution in [0.1, 0.15) is 12.0 Å². The van der Waals surface area contributed by atoms with Crippen LogP contribution >= 0.6 is 34.8 Å². The molecule has 1 heterocycles. The second-order valence-electron chi connectivity index (χ2n) is 5.49. The van der Waals surface area contributed by atoms with E-state index in [9.17, 15) is 8.42 Å². The molecule has 7 heteroatoms. The van der Waals surface area contributed by atoms with Crippen molar-refractivity contribution in [2.24, 2.45) is 5.92 Å². The van der Waals surface area contributed by atoms with Gasteiger partial charge in [-0.3, -0.25) is 0 Å². The summed E-state index contributed by atoms with van der Waals surface area (Å²) in [4.78, 5) is 0.230. The Bertz CT molecular complexity index is 679. The molecule has 1 saturated heterocycles. The Morgan fingerprint density at radius 1 is 1.14 bits per heavy atom. The Morgan fingerprint density at radius 2 is 1.76 bits per heavy atom. The van der Waals surface area contributed by atoms with Crippen molar-refractivity contribution >= 4 is 44.8 Å². The summed E-state index contributed by atoms with van der Waals surface area (Å²) in [6, 6.07) is 5.82. The van der Waals surface area contributed by atoms with Crippen LogP contribution in [-0.2, 0) is 10.0 Å². The minimum Gasteiger partial charge on any atom is -0.207 e. The molecular weight excluding hydrogens is 353 g/mol. The first-order valence-electron chi connectivity index (χ1n) is 6.56. The number of aryl methyl sites for hydroxylation is 1. The largest absolute Gasteiger partial charge is 0.244 e. The minimum absolute atomic E-state index is 0.0530. The van der Waals surface area contributed by atoms with Crippen LogP contribution in [0.4, 0.5) is 0 Å². The number of rotatable bonds is 2. The minimum atomic E-state index is -3.69. The standard InChI is InChI=1S/C14H14Cl3NO2S/c1-9-2-6-12(7-3-9)21(19,20)18-11-5-4-10(8-11)13(18)14(15,16)17/h2-7,10-11,13H,8H2,1H3/t10?,11?,13-/m1/s1. The molecule has 2 aliphatic rings. The first-order chi connectivity index (χ1) is 9.71. The van der Waals surface area contributed by atoms with E-state index in [1.54, 1.807) is 24.3 Å². The van der Waals surface area contributed by atoms with Gasteiger partial charge in [0, 0.05) is 6.04 Å². The molecule has 1 aliphatic carbocycles. The van der Waals surface area contributed by atoms with Gasteiger partial charge >= 0.3 is 0 Å². The van der Waals surface area contributed by atoms with Crippen molar-refractivity contribution in [3.05, 3.63) is 42.0 Å². The summed E-state index contributed by atoms with van der Waals surface area (Å²) in [5.41, 5.74) is 0.995. The van der Waals surface area contributed by atoms with Crippen LogP contribution in [0.5, 0.6) is 0 Å². The predicted molar refractivity (Wildman–Crippen MR) is 85.3 cm³/mol. The fourth-order valence-corrected chi connectivity index (χ4v) is 5.90. The lowest BCUT2D eigenvalue weighted by molar-refractivity contribution is 0.327. The van der Waals surface area contributed by atoms with E-state index in [1.165, 1.54) is 4.31 Å². The number of halogens is 3. The zero-order valence-corrected chi connectivity index (χ0v) is 14.3. The molecule has 3 nitrogen and oxygen atoms in total. The third-order valence-corrected chi connectivity index (χ3v) is 6.62. The molecule has 2 unspecified atom stereocenters. The van der Waals surface area contributed by atoms with E-state index < -0.39 is 19.9 Å². The van der Waals surface area contributed by atoms with E-state index in [0.29, 0.717) is 6.42 Å². The summed E-state index contributed by atoms with van der Waals surface area (Å²) >= 11 is 18.1.